The zero-order chi connectivity index (χ0) is 20.0. The number of amides is 1. The van der Waals surface area contributed by atoms with Gasteiger partial charge in [-0.1, -0.05) is 11.6 Å². The molecule has 2 aliphatic heterocycles. The van der Waals surface area contributed by atoms with Crippen LogP contribution >= 0.6 is 11.6 Å². The molecule has 3 heterocycles. The maximum absolute atomic E-state index is 12.6. The first kappa shape index (κ1) is 21.1. The fourth-order valence-electron chi connectivity index (χ4n) is 3.60. The van der Waals surface area contributed by atoms with Crippen molar-refractivity contribution in [2.45, 2.75) is 25.4 Å². The van der Waals surface area contributed by atoms with Crippen molar-refractivity contribution in [1.29, 1.82) is 0 Å². The lowest BCUT2D eigenvalue weighted by molar-refractivity contribution is -0.150. The van der Waals surface area contributed by atoms with Gasteiger partial charge in [-0.2, -0.15) is 0 Å². The van der Waals surface area contributed by atoms with Gasteiger partial charge in [0.05, 0.1) is 16.0 Å². The number of halogens is 1. The number of likely N-dealkylation sites (N-methyl/N-ethyl adjacent to an activating group) is 1. The molecular weight excluding hydrogens is 374 g/mol. The zero-order valence-electron chi connectivity index (χ0n) is 15.4. The number of aromatic nitrogens is 1. The van der Waals surface area contributed by atoms with E-state index in [1.165, 1.54) is 12.4 Å². The molecule has 1 aromatic rings. The van der Waals surface area contributed by atoms with Crippen LogP contribution in [0.5, 0.6) is 0 Å². The molecule has 1 unspecified atom stereocenters. The van der Waals surface area contributed by atoms with Crippen LogP contribution in [0.2, 0.25) is 5.02 Å². The van der Waals surface area contributed by atoms with Crippen molar-refractivity contribution in [3.63, 3.8) is 0 Å². The highest BCUT2D eigenvalue weighted by atomic mass is 35.5. The Labute approximate surface area is 163 Å². The minimum Gasteiger partial charge on any atom is -0.483 e. The summed E-state index contributed by atoms with van der Waals surface area (Å²) in [7, 11) is 3.94. The van der Waals surface area contributed by atoms with Crippen molar-refractivity contribution in [3.05, 3.63) is 29.0 Å². The number of ether oxygens (including phenoxy) is 1. The lowest BCUT2D eigenvalue weighted by Gasteiger charge is -2.36. The first-order chi connectivity index (χ1) is 12.8. The quantitative estimate of drug-likeness (QED) is 0.609. The topological polar surface area (TPSA) is 100 Å². The molecule has 27 heavy (non-hydrogen) atoms. The van der Waals surface area contributed by atoms with Gasteiger partial charge < -0.3 is 19.6 Å². The van der Waals surface area contributed by atoms with Crippen LogP contribution in [-0.2, 0) is 14.3 Å². The molecule has 0 aromatic carbocycles. The molecule has 2 saturated heterocycles. The molecule has 1 amide bonds. The summed E-state index contributed by atoms with van der Waals surface area (Å²) < 4.78 is 5.55. The SMILES string of the molecule is CN(C)CC1CC2(CCN(C(=O)c3cncc(Cl)c3)CC2)C(=O)O1.O=CO. The van der Waals surface area contributed by atoms with Gasteiger partial charge in [-0.05, 0) is 33.0 Å². The third kappa shape index (κ3) is 5.17. The molecule has 3 rings (SSSR count). The largest absolute Gasteiger partial charge is 0.483 e. The molecule has 1 spiro atoms. The Kier molecular flexibility index (Phi) is 7.15. The normalized spacial score (nSPS) is 20.8. The van der Waals surface area contributed by atoms with Gasteiger partial charge in [0.15, 0.2) is 0 Å². The van der Waals surface area contributed by atoms with Gasteiger partial charge in [-0.25, -0.2) is 0 Å². The highest BCUT2D eigenvalue weighted by molar-refractivity contribution is 6.30. The molecule has 148 valence electrons. The number of rotatable bonds is 3. The van der Waals surface area contributed by atoms with Crippen LogP contribution in [0.1, 0.15) is 29.6 Å². The number of cyclic esters (lactones) is 1. The molecule has 1 aromatic heterocycles. The molecule has 0 aliphatic carbocycles. The number of likely N-dealkylation sites (tertiary alicyclic amines) is 1. The Morgan fingerprint density at radius 1 is 1.44 bits per heavy atom. The average molecular weight is 398 g/mol. The average Bonchev–Trinajstić information content (AvgIpc) is 2.90. The van der Waals surface area contributed by atoms with Crippen molar-refractivity contribution in [3.8, 4) is 0 Å². The number of carboxylic acid groups (broad SMARTS) is 1. The molecule has 1 N–H and O–H groups in total. The van der Waals surface area contributed by atoms with Crippen LogP contribution in [0.25, 0.3) is 0 Å². The Hall–Kier alpha value is -2.19. The van der Waals surface area contributed by atoms with Gasteiger partial charge in [0.25, 0.3) is 12.4 Å². The van der Waals surface area contributed by atoms with Crippen molar-refractivity contribution in [1.82, 2.24) is 14.8 Å². The molecule has 9 heteroatoms. The molecule has 2 aliphatic rings. The summed E-state index contributed by atoms with van der Waals surface area (Å²) >= 11 is 5.90. The van der Waals surface area contributed by atoms with E-state index in [1.807, 2.05) is 19.0 Å². The summed E-state index contributed by atoms with van der Waals surface area (Å²) in [4.78, 5) is 41.0. The second-order valence-electron chi connectivity index (χ2n) is 7.06. The van der Waals surface area contributed by atoms with Gasteiger partial charge in [0.2, 0.25) is 0 Å². The van der Waals surface area contributed by atoms with E-state index in [0.717, 1.165) is 13.0 Å². The molecular formula is C18H24ClN3O5. The lowest BCUT2D eigenvalue weighted by Crippen LogP contribution is -2.45. The van der Waals surface area contributed by atoms with E-state index < -0.39 is 5.41 Å². The minimum atomic E-state index is -0.427. The Balaban J connectivity index is 0.000000817. The third-order valence-corrected chi connectivity index (χ3v) is 5.06. The van der Waals surface area contributed by atoms with Gasteiger partial charge >= 0.3 is 5.97 Å². The van der Waals surface area contributed by atoms with Crippen molar-refractivity contribution in [2.75, 3.05) is 33.7 Å². The second kappa shape index (κ2) is 9.14. The summed E-state index contributed by atoms with van der Waals surface area (Å²) in [5.74, 6) is -0.193. The fraction of sp³-hybridized carbons (Fsp3) is 0.556. The maximum Gasteiger partial charge on any atom is 0.312 e. The van der Waals surface area contributed by atoms with E-state index in [4.69, 9.17) is 26.2 Å². The summed E-state index contributed by atoms with van der Waals surface area (Å²) in [6, 6.07) is 1.62. The van der Waals surface area contributed by atoms with E-state index in [0.29, 0.717) is 36.5 Å². The van der Waals surface area contributed by atoms with Gasteiger partial charge in [0.1, 0.15) is 6.10 Å². The fourth-order valence-corrected chi connectivity index (χ4v) is 3.78. The second-order valence-corrected chi connectivity index (χ2v) is 7.50. The summed E-state index contributed by atoms with van der Waals surface area (Å²) in [5, 5.41) is 7.33. The number of pyridine rings is 1. The number of carbonyl (C=O) groups is 3. The molecule has 2 fully saturated rings. The molecule has 0 radical (unpaired) electrons. The third-order valence-electron chi connectivity index (χ3n) is 4.85. The first-order valence-corrected chi connectivity index (χ1v) is 9.02. The van der Waals surface area contributed by atoms with Crippen LogP contribution in [0.4, 0.5) is 0 Å². The van der Waals surface area contributed by atoms with Gasteiger partial charge in [0, 0.05) is 38.4 Å². The van der Waals surface area contributed by atoms with E-state index in [9.17, 15) is 9.59 Å². The lowest BCUT2D eigenvalue weighted by atomic mass is 9.76. The van der Waals surface area contributed by atoms with Crippen molar-refractivity contribution in [2.24, 2.45) is 5.41 Å². The number of hydrogen-bond donors (Lipinski definition) is 1. The molecule has 8 nitrogen and oxygen atoms in total. The number of carbonyl (C=O) groups excluding carboxylic acids is 2. The predicted octanol–water partition coefficient (Wildman–Crippen LogP) is 1.54. The highest BCUT2D eigenvalue weighted by Crippen LogP contribution is 2.43. The number of esters is 1. The number of hydrogen-bond acceptors (Lipinski definition) is 6. The van der Waals surface area contributed by atoms with E-state index in [1.54, 1.807) is 11.0 Å². The maximum atomic E-state index is 12.6. The van der Waals surface area contributed by atoms with Crippen LogP contribution in [0.15, 0.2) is 18.5 Å². The summed E-state index contributed by atoms with van der Waals surface area (Å²) in [6.07, 6.45) is 5.01. The molecule has 0 saturated carbocycles. The highest BCUT2D eigenvalue weighted by Gasteiger charge is 2.50. The smallest absolute Gasteiger partial charge is 0.312 e. The monoisotopic (exact) mass is 397 g/mol. The number of nitrogens with zero attached hydrogens (tertiary/aromatic N) is 3. The van der Waals surface area contributed by atoms with E-state index in [-0.39, 0.29) is 24.5 Å². The number of piperidine rings is 1. The zero-order valence-corrected chi connectivity index (χ0v) is 16.2. The van der Waals surface area contributed by atoms with Crippen LogP contribution < -0.4 is 0 Å². The standard InChI is InChI=1S/C17H22ClN3O3.CH2O2/c1-20(2)11-14-8-17(16(23)24-14)3-5-21(6-4-17)15(22)12-7-13(18)10-19-9-12;2-1-3/h7,9-10,14H,3-6,8,11H2,1-2H3;1H,(H,2,3). The van der Waals surface area contributed by atoms with Crippen molar-refractivity contribution < 1.29 is 24.2 Å². The molecule has 0 bridgehead atoms. The molecule has 1 atom stereocenters. The Morgan fingerprint density at radius 3 is 2.63 bits per heavy atom. The van der Waals surface area contributed by atoms with Crippen molar-refractivity contribution >= 4 is 29.9 Å². The van der Waals surface area contributed by atoms with E-state index >= 15 is 0 Å². The first-order valence-electron chi connectivity index (χ1n) is 8.65. The van der Waals surface area contributed by atoms with Gasteiger partial charge in [-0.3, -0.25) is 19.4 Å². The predicted molar refractivity (Wildman–Crippen MR) is 98.6 cm³/mol. The summed E-state index contributed by atoms with van der Waals surface area (Å²) in [6.45, 7) is 1.59. The Bertz CT molecular complexity index is 689. The van der Waals surface area contributed by atoms with Gasteiger partial charge in [-0.15, -0.1) is 0 Å². The van der Waals surface area contributed by atoms with E-state index in [2.05, 4.69) is 4.98 Å². The summed E-state index contributed by atoms with van der Waals surface area (Å²) in [5.41, 5.74) is 0.0576. The Morgan fingerprint density at radius 2 is 2.07 bits per heavy atom. The van der Waals surface area contributed by atoms with Crippen LogP contribution in [0.3, 0.4) is 0 Å². The van der Waals surface area contributed by atoms with Crippen LogP contribution in [0, 0.1) is 5.41 Å². The minimum absolute atomic E-state index is 0.0492. The van der Waals surface area contributed by atoms with Crippen LogP contribution in [-0.4, -0.2) is 78.1 Å².